The topological polar surface area (TPSA) is 135 Å². The lowest BCUT2D eigenvalue weighted by Gasteiger charge is -2.41. The number of halogens is 1. The van der Waals surface area contributed by atoms with Crippen molar-refractivity contribution in [3.05, 3.63) is 90.3 Å². The van der Waals surface area contributed by atoms with Crippen LogP contribution in [-0.2, 0) is 17.4 Å². The number of pyridine rings is 1. The number of nitrogens with zero attached hydrogens (tertiary/aromatic N) is 7. The second kappa shape index (κ2) is 9.55. The van der Waals surface area contributed by atoms with E-state index in [0.717, 1.165) is 6.20 Å². The molecule has 1 fully saturated rings. The molecule has 2 N–H and O–H groups in total. The van der Waals surface area contributed by atoms with Crippen molar-refractivity contribution in [1.29, 1.82) is 0 Å². The molecule has 0 radical (unpaired) electrons. The summed E-state index contributed by atoms with van der Waals surface area (Å²) in [6.45, 7) is 0.511. The van der Waals surface area contributed by atoms with E-state index in [1.807, 2.05) is 37.4 Å². The summed E-state index contributed by atoms with van der Waals surface area (Å²) in [5.74, 6) is -1.76. The number of aromatic nitrogens is 7. The molecule has 5 aromatic rings. The zero-order chi connectivity index (χ0) is 27.1. The number of imidazole rings is 1. The molecule has 198 valence electrons. The number of benzene rings is 1. The number of likely N-dealkylation sites (tertiary alicyclic amines) is 1. The van der Waals surface area contributed by atoms with Crippen LogP contribution in [0.4, 0.5) is 4.39 Å². The lowest BCUT2D eigenvalue weighted by Crippen LogP contribution is -2.48. The minimum absolute atomic E-state index is 0.0306. The van der Waals surface area contributed by atoms with Gasteiger partial charge in [0.05, 0.1) is 35.1 Å². The molecular weight excluding hydrogens is 503 g/mol. The Hall–Kier alpha value is -4.71. The number of aliphatic hydroxyl groups is 1. The zero-order valence-corrected chi connectivity index (χ0v) is 21.0. The van der Waals surface area contributed by atoms with Gasteiger partial charge in [0.25, 0.3) is 11.7 Å². The van der Waals surface area contributed by atoms with Crippen LogP contribution in [0.3, 0.4) is 0 Å². The molecule has 0 aliphatic carbocycles. The smallest absolute Gasteiger partial charge is 0.295 e. The van der Waals surface area contributed by atoms with Gasteiger partial charge in [-0.2, -0.15) is 0 Å². The molecule has 4 aromatic heterocycles. The third-order valence-corrected chi connectivity index (χ3v) is 7.47. The van der Waals surface area contributed by atoms with Gasteiger partial charge in [-0.05, 0) is 18.4 Å². The predicted octanol–water partition coefficient (Wildman–Crippen LogP) is 2.37. The first-order valence-corrected chi connectivity index (χ1v) is 12.5. The first-order chi connectivity index (χ1) is 18.9. The van der Waals surface area contributed by atoms with E-state index < -0.39 is 23.1 Å². The summed E-state index contributed by atoms with van der Waals surface area (Å²) in [7, 11) is 1.83. The van der Waals surface area contributed by atoms with Crippen molar-refractivity contribution >= 4 is 22.6 Å². The van der Waals surface area contributed by atoms with Gasteiger partial charge in [-0.15, -0.1) is 5.10 Å². The Morgan fingerprint density at radius 3 is 2.54 bits per heavy atom. The lowest BCUT2D eigenvalue weighted by molar-refractivity contribution is -0.129. The Kier molecular flexibility index (Phi) is 6.03. The van der Waals surface area contributed by atoms with E-state index in [9.17, 15) is 19.1 Å². The quantitative estimate of drug-likeness (QED) is 0.255. The monoisotopic (exact) mass is 528 g/mol. The summed E-state index contributed by atoms with van der Waals surface area (Å²) in [5.41, 5.74) is -0.500. The van der Waals surface area contributed by atoms with E-state index in [1.54, 1.807) is 23.2 Å². The molecule has 1 aromatic carbocycles. The maximum absolute atomic E-state index is 14.8. The van der Waals surface area contributed by atoms with Crippen LogP contribution in [0.25, 0.3) is 16.7 Å². The number of amides is 1. The predicted molar refractivity (Wildman–Crippen MR) is 137 cm³/mol. The Labute approximate surface area is 221 Å². The van der Waals surface area contributed by atoms with E-state index in [4.69, 9.17) is 0 Å². The number of fused-ring (bicyclic) bond motifs is 1. The standard InChI is InChI=1S/C27H25FN8O3/c1-34-13-9-29-26(34)27(39,17-5-3-2-4-6-17)18-7-11-35(12-8-18)25(38)23(37)19-15-30-22-21(19)20(28)16-31-24(22)36-14-10-32-33-36/h2-6,9-10,13-16,18,30,39H,7-8,11-12H2,1H3. The van der Waals surface area contributed by atoms with Gasteiger partial charge in [-0.25, -0.2) is 19.0 Å². The van der Waals surface area contributed by atoms with E-state index in [1.165, 1.54) is 22.0 Å². The number of hydrogen-bond acceptors (Lipinski definition) is 7. The van der Waals surface area contributed by atoms with Gasteiger partial charge in [-0.1, -0.05) is 35.5 Å². The number of H-pyrrole nitrogens is 1. The molecule has 1 atom stereocenters. The summed E-state index contributed by atoms with van der Waals surface area (Å²) in [5, 5.41) is 19.7. The average molecular weight is 529 g/mol. The number of rotatable bonds is 6. The number of carbonyl (C=O) groups excluding carboxylic acids is 2. The Morgan fingerprint density at radius 2 is 1.87 bits per heavy atom. The van der Waals surface area contributed by atoms with Gasteiger partial charge >= 0.3 is 0 Å². The van der Waals surface area contributed by atoms with E-state index in [2.05, 4.69) is 25.3 Å². The van der Waals surface area contributed by atoms with Crippen LogP contribution in [0.2, 0.25) is 0 Å². The fourth-order valence-corrected chi connectivity index (χ4v) is 5.50. The largest absolute Gasteiger partial charge is 0.377 e. The number of piperidine rings is 1. The van der Waals surface area contributed by atoms with Crippen molar-refractivity contribution in [3.63, 3.8) is 0 Å². The van der Waals surface area contributed by atoms with E-state index in [0.29, 0.717) is 24.2 Å². The molecule has 0 spiro atoms. The number of aromatic amines is 1. The van der Waals surface area contributed by atoms with Gasteiger partial charge in [0.2, 0.25) is 0 Å². The van der Waals surface area contributed by atoms with Crippen molar-refractivity contribution in [2.75, 3.05) is 13.1 Å². The number of hydrogen-bond donors (Lipinski definition) is 2. The molecule has 5 heterocycles. The van der Waals surface area contributed by atoms with Crippen LogP contribution in [0.15, 0.2) is 67.5 Å². The zero-order valence-electron chi connectivity index (χ0n) is 21.0. The fourth-order valence-electron chi connectivity index (χ4n) is 5.50. The first kappa shape index (κ1) is 24.6. The van der Waals surface area contributed by atoms with Crippen LogP contribution in [0.5, 0.6) is 0 Å². The molecule has 0 saturated carbocycles. The van der Waals surface area contributed by atoms with Crippen molar-refractivity contribution < 1.29 is 19.1 Å². The van der Waals surface area contributed by atoms with Gasteiger partial charge in [0.1, 0.15) is 5.82 Å². The molecule has 1 unspecified atom stereocenters. The molecule has 1 aliphatic heterocycles. The van der Waals surface area contributed by atoms with Crippen LogP contribution in [0.1, 0.15) is 34.6 Å². The summed E-state index contributed by atoms with van der Waals surface area (Å²) in [6, 6.07) is 9.34. The van der Waals surface area contributed by atoms with Gasteiger partial charge in [0.15, 0.2) is 17.2 Å². The van der Waals surface area contributed by atoms with Gasteiger partial charge in [0, 0.05) is 44.6 Å². The highest BCUT2D eigenvalue weighted by Crippen LogP contribution is 2.41. The third kappa shape index (κ3) is 4.00. The lowest BCUT2D eigenvalue weighted by atomic mass is 9.75. The van der Waals surface area contributed by atoms with E-state index in [-0.39, 0.29) is 41.3 Å². The molecule has 0 bridgehead atoms. The summed E-state index contributed by atoms with van der Waals surface area (Å²) >= 11 is 0. The second-order valence-electron chi connectivity index (χ2n) is 9.62. The van der Waals surface area contributed by atoms with Crippen molar-refractivity contribution in [2.24, 2.45) is 13.0 Å². The Bertz CT molecular complexity index is 1660. The molecule has 11 nitrogen and oxygen atoms in total. The average Bonchev–Trinajstić information content (AvgIpc) is 3.75. The normalized spacial score (nSPS) is 15.9. The molecule has 39 heavy (non-hydrogen) atoms. The number of Topliss-reactive ketones (excluding diaryl/α,β-unsaturated/α-hetero) is 1. The maximum Gasteiger partial charge on any atom is 0.295 e. The van der Waals surface area contributed by atoms with E-state index >= 15 is 0 Å². The number of carbonyl (C=O) groups is 2. The van der Waals surface area contributed by atoms with Crippen LogP contribution < -0.4 is 0 Å². The molecule has 1 saturated heterocycles. The Morgan fingerprint density at radius 1 is 1.10 bits per heavy atom. The van der Waals surface area contributed by atoms with Crippen molar-refractivity contribution in [2.45, 2.75) is 18.4 Å². The highest BCUT2D eigenvalue weighted by molar-refractivity contribution is 6.45. The van der Waals surface area contributed by atoms with Crippen molar-refractivity contribution in [1.82, 2.24) is 39.4 Å². The Balaban J connectivity index is 1.25. The van der Waals surface area contributed by atoms with Crippen LogP contribution >= 0.6 is 0 Å². The summed E-state index contributed by atoms with van der Waals surface area (Å²) in [6.07, 6.45) is 9.61. The maximum atomic E-state index is 14.8. The fraction of sp³-hybridized carbons (Fsp3) is 0.259. The minimum atomic E-state index is -1.37. The highest BCUT2D eigenvalue weighted by Gasteiger charge is 2.45. The van der Waals surface area contributed by atoms with Crippen LogP contribution in [-0.4, -0.2) is 69.3 Å². The summed E-state index contributed by atoms with van der Waals surface area (Å²) < 4.78 is 18.0. The third-order valence-electron chi connectivity index (χ3n) is 7.47. The highest BCUT2D eigenvalue weighted by atomic mass is 19.1. The minimum Gasteiger partial charge on any atom is -0.377 e. The molecule has 12 heteroatoms. The number of ketones is 1. The number of nitrogens with one attached hydrogen (secondary N) is 1. The second-order valence-corrected chi connectivity index (χ2v) is 9.62. The van der Waals surface area contributed by atoms with Gasteiger partial charge in [-0.3, -0.25) is 9.59 Å². The summed E-state index contributed by atoms with van der Waals surface area (Å²) in [4.78, 5) is 39.4. The molecular formula is C27H25FN8O3. The number of aryl methyl sites for hydroxylation is 1. The molecule has 6 rings (SSSR count). The molecule has 1 amide bonds. The molecule has 1 aliphatic rings. The first-order valence-electron chi connectivity index (χ1n) is 12.5. The van der Waals surface area contributed by atoms with Crippen molar-refractivity contribution in [3.8, 4) is 5.82 Å². The van der Waals surface area contributed by atoms with Crippen LogP contribution in [0, 0.1) is 11.7 Å². The SMILES string of the molecule is Cn1ccnc1C(O)(c1ccccc1)C1CCN(C(=O)C(=O)c2c[nH]c3c(-n4ccnn4)ncc(F)c23)CC1. The van der Waals surface area contributed by atoms with Gasteiger partial charge < -0.3 is 19.6 Å².